The van der Waals surface area contributed by atoms with Gasteiger partial charge < -0.3 is 8.97 Å². The number of rotatable bonds is 1. The smallest absolute Gasteiger partial charge is 0.0979 e. The molecule has 0 aliphatic heterocycles. The highest BCUT2D eigenvalue weighted by atomic mass is 15.0. The molecule has 0 amide bonds. The summed E-state index contributed by atoms with van der Waals surface area (Å²) < 4.78 is 5.02. The Kier molecular flexibility index (Phi) is 4.36. The second-order valence-electron chi connectivity index (χ2n) is 13.7. The summed E-state index contributed by atoms with van der Waals surface area (Å²) in [6, 6.07) is 53.1. The van der Waals surface area contributed by atoms with E-state index in [1.165, 1.54) is 87.1 Å². The molecular weight excluding hydrogens is 609 g/mol. The fourth-order valence-corrected chi connectivity index (χ4v) is 9.39. The van der Waals surface area contributed by atoms with Crippen molar-refractivity contribution >= 4 is 92.5 Å². The standard InChI is InChI=1S/C46H24N4/c1-2-11-26-25(10-1)20-22-38-41(26)43-39(24-32-27-12-3-7-18-35(27)50-36-19-8-4-13-29(36)42(43)46(32)50)49(38)37-23-21-31-40-28(37)14-9-15-30(40)44-45(31)48-34-17-6-5-16-33(34)47-44/h1-24H. The Hall–Kier alpha value is -6.78. The average Bonchev–Trinajstić information content (AvgIpc) is 3.89. The highest BCUT2D eigenvalue weighted by molar-refractivity contribution is 6.38. The Morgan fingerprint density at radius 1 is 0.380 bits per heavy atom. The number of fused-ring (bicyclic) bond motifs is 16. The lowest BCUT2D eigenvalue weighted by atomic mass is 9.99. The van der Waals surface area contributed by atoms with Crippen molar-refractivity contribution in [3.8, 4) is 28.2 Å². The molecule has 0 unspecified atom stereocenters. The molecule has 1 aliphatic rings. The highest BCUT2D eigenvalue weighted by Gasteiger charge is 2.29. The molecule has 50 heavy (non-hydrogen) atoms. The molecule has 0 bridgehead atoms. The van der Waals surface area contributed by atoms with Gasteiger partial charge in [0.1, 0.15) is 0 Å². The van der Waals surface area contributed by atoms with E-state index in [2.05, 4.69) is 142 Å². The Morgan fingerprint density at radius 3 is 1.86 bits per heavy atom. The van der Waals surface area contributed by atoms with Crippen molar-refractivity contribution in [1.29, 1.82) is 0 Å². The first-order chi connectivity index (χ1) is 24.8. The van der Waals surface area contributed by atoms with Crippen LogP contribution in [-0.2, 0) is 0 Å². The summed E-state index contributed by atoms with van der Waals surface area (Å²) in [5, 5.41) is 12.7. The molecule has 0 N–H and O–H groups in total. The predicted octanol–water partition coefficient (Wildman–Crippen LogP) is 11.8. The van der Waals surface area contributed by atoms with Crippen molar-refractivity contribution in [1.82, 2.24) is 18.9 Å². The summed E-state index contributed by atoms with van der Waals surface area (Å²) in [6.07, 6.45) is 0. The molecule has 0 saturated heterocycles. The van der Waals surface area contributed by atoms with E-state index in [1.54, 1.807) is 0 Å². The molecule has 0 atom stereocenters. The fraction of sp³-hybridized carbons (Fsp3) is 0. The lowest BCUT2D eigenvalue weighted by Crippen LogP contribution is -1.96. The van der Waals surface area contributed by atoms with Crippen LogP contribution < -0.4 is 0 Å². The number of hydrogen-bond donors (Lipinski definition) is 0. The van der Waals surface area contributed by atoms with Crippen LogP contribution in [0, 0.1) is 0 Å². The van der Waals surface area contributed by atoms with Gasteiger partial charge in [-0.25, -0.2) is 9.97 Å². The molecule has 4 heterocycles. The summed E-state index contributed by atoms with van der Waals surface area (Å²) in [5.41, 5.74) is 13.5. The van der Waals surface area contributed by atoms with Gasteiger partial charge in [-0.05, 0) is 59.3 Å². The molecule has 0 radical (unpaired) electrons. The maximum absolute atomic E-state index is 5.16. The van der Waals surface area contributed by atoms with Crippen LogP contribution >= 0.6 is 0 Å². The van der Waals surface area contributed by atoms with E-state index in [1.807, 2.05) is 12.1 Å². The molecule has 0 saturated carbocycles. The van der Waals surface area contributed by atoms with Crippen molar-refractivity contribution in [2.75, 3.05) is 0 Å². The topological polar surface area (TPSA) is 35.1 Å². The number of benzene rings is 8. The van der Waals surface area contributed by atoms with Gasteiger partial charge in [-0.3, -0.25) is 0 Å². The fourth-order valence-electron chi connectivity index (χ4n) is 9.39. The van der Waals surface area contributed by atoms with Crippen LogP contribution in [0.2, 0.25) is 0 Å². The third-order valence-electron chi connectivity index (χ3n) is 11.3. The van der Waals surface area contributed by atoms with Crippen molar-refractivity contribution in [2.45, 2.75) is 0 Å². The highest BCUT2D eigenvalue weighted by Crippen LogP contribution is 2.51. The van der Waals surface area contributed by atoms with E-state index >= 15 is 0 Å². The quantitative estimate of drug-likeness (QED) is 0.180. The van der Waals surface area contributed by atoms with Crippen LogP contribution in [0.15, 0.2) is 146 Å². The van der Waals surface area contributed by atoms with E-state index in [-0.39, 0.29) is 0 Å². The van der Waals surface area contributed by atoms with Gasteiger partial charge in [0.05, 0.1) is 55.7 Å². The number of hydrogen-bond acceptors (Lipinski definition) is 2. The summed E-state index contributed by atoms with van der Waals surface area (Å²) >= 11 is 0. The Balaban J connectivity index is 1.26. The Bertz CT molecular complexity index is 3440. The normalized spacial score (nSPS) is 12.8. The molecule has 4 nitrogen and oxygen atoms in total. The summed E-state index contributed by atoms with van der Waals surface area (Å²) in [4.78, 5) is 10.3. The largest absolute Gasteiger partial charge is 0.309 e. The zero-order valence-corrected chi connectivity index (χ0v) is 26.6. The lowest BCUT2D eigenvalue weighted by Gasteiger charge is -2.13. The summed E-state index contributed by atoms with van der Waals surface area (Å²) in [5.74, 6) is 0. The Morgan fingerprint density at radius 2 is 1.04 bits per heavy atom. The average molecular weight is 633 g/mol. The zero-order chi connectivity index (χ0) is 32.2. The number of para-hydroxylation sites is 4. The lowest BCUT2D eigenvalue weighted by molar-refractivity contribution is 1.20. The predicted molar refractivity (Wildman–Crippen MR) is 208 cm³/mol. The van der Waals surface area contributed by atoms with E-state index in [9.17, 15) is 0 Å². The monoisotopic (exact) mass is 632 g/mol. The van der Waals surface area contributed by atoms with Crippen molar-refractivity contribution in [2.24, 2.45) is 0 Å². The molecule has 0 spiro atoms. The van der Waals surface area contributed by atoms with Gasteiger partial charge in [-0.15, -0.1) is 0 Å². The maximum Gasteiger partial charge on any atom is 0.0979 e. The number of aromatic nitrogens is 4. The first kappa shape index (κ1) is 25.3. The van der Waals surface area contributed by atoms with Crippen molar-refractivity contribution in [3.63, 3.8) is 0 Å². The van der Waals surface area contributed by atoms with Gasteiger partial charge in [-0.2, -0.15) is 0 Å². The maximum atomic E-state index is 5.16. The van der Waals surface area contributed by atoms with Gasteiger partial charge in [-0.1, -0.05) is 97.1 Å². The molecule has 4 heteroatoms. The van der Waals surface area contributed by atoms with E-state index in [0.29, 0.717) is 0 Å². The third kappa shape index (κ3) is 2.84. The van der Waals surface area contributed by atoms with Crippen LogP contribution in [0.1, 0.15) is 0 Å². The molecule has 228 valence electrons. The molecule has 12 aromatic rings. The minimum absolute atomic E-state index is 0.923. The molecular formula is C46H24N4. The third-order valence-corrected chi connectivity index (χ3v) is 11.3. The van der Waals surface area contributed by atoms with Gasteiger partial charge in [0.15, 0.2) is 0 Å². The van der Waals surface area contributed by atoms with Crippen LogP contribution in [0.4, 0.5) is 0 Å². The van der Waals surface area contributed by atoms with E-state index < -0.39 is 0 Å². The SMILES string of the molecule is c1ccc2c(c1)ccc1c2c2c3c4ccccc4n4c5ccccc5c(cc2n1-c1ccc2c5c(cccc15)-c1nc5ccccc5nc1-2)c34. The second-order valence-corrected chi connectivity index (χ2v) is 13.7. The van der Waals surface area contributed by atoms with E-state index in [4.69, 9.17) is 9.97 Å². The van der Waals surface area contributed by atoms with Crippen LogP contribution in [-0.4, -0.2) is 18.9 Å². The summed E-state index contributed by atoms with van der Waals surface area (Å²) in [7, 11) is 0. The Labute approximate surface area is 284 Å². The molecule has 8 aromatic carbocycles. The minimum atomic E-state index is 0.923. The van der Waals surface area contributed by atoms with Crippen LogP contribution in [0.5, 0.6) is 0 Å². The van der Waals surface area contributed by atoms with Gasteiger partial charge >= 0.3 is 0 Å². The van der Waals surface area contributed by atoms with E-state index in [0.717, 1.165) is 33.5 Å². The minimum Gasteiger partial charge on any atom is -0.309 e. The summed E-state index contributed by atoms with van der Waals surface area (Å²) in [6.45, 7) is 0. The van der Waals surface area contributed by atoms with Crippen molar-refractivity contribution in [3.05, 3.63) is 146 Å². The molecule has 1 aliphatic carbocycles. The van der Waals surface area contributed by atoms with Gasteiger partial charge in [0.2, 0.25) is 0 Å². The van der Waals surface area contributed by atoms with Crippen LogP contribution in [0.3, 0.4) is 0 Å². The molecule has 0 fully saturated rings. The zero-order valence-electron chi connectivity index (χ0n) is 26.6. The number of nitrogens with zero attached hydrogens (tertiary/aromatic N) is 4. The molecule has 4 aromatic heterocycles. The van der Waals surface area contributed by atoms with Gasteiger partial charge in [0.25, 0.3) is 0 Å². The first-order valence-corrected chi connectivity index (χ1v) is 17.2. The van der Waals surface area contributed by atoms with Crippen molar-refractivity contribution < 1.29 is 0 Å². The molecule has 13 rings (SSSR count). The van der Waals surface area contributed by atoms with Crippen LogP contribution in [0.25, 0.3) is 121 Å². The van der Waals surface area contributed by atoms with Gasteiger partial charge in [0, 0.05) is 54.2 Å². The first-order valence-electron chi connectivity index (χ1n) is 17.2. The second kappa shape index (κ2) is 8.62.